The fourth-order valence-electron chi connectivity index (χ4n) is 2.00. The summed E-state index contributed by atoms with van der Waals surface area (Å²) < 4.78 is 24.4. The van der Waals surface area contributed by atoms with E-state index in [-0.39, 0.29) is 11.7 Å². The summed E-state index contributed by atoms with van der Waals surface area (Å²) >= 11 is 3.17. The molecular formula is C15H18BrFO3. The molecule has 1 aromatic carbocycles. The number of methoxy groups -OCH3 is 1. The zero-order chi connectivity index (χ0) is 14.5. The van der Waals surface area contributed by atoms with Crippen molar-refractivity contribution in [1.82, 2.24) is 0 Å². The summed E-state index contributed by atoms with van der Waals surface area (Å²) in [5, 5.41) is 0. The minimum atomic E-state index is -0.366. The van der Waals surface area contributed by atoms with Gasteiger partial charge in [-0.05, 0) is 46.8 Å². The molecule has 1 fully saturated rings. The molecule has 1 aliphatic rings. The van der Waals surface area contributed by atoms with E-state index in [0.717, 1.165) is 18.4 Å². The Balaban J connectivity index is 2.03. The minimum Gasteiger partial charge on any atom is -0.491 e. The number of halogens is 2. The van der Waals surface area contributed by atoms with E-state index in [1.54, 1.807) is 13.2 Å². The van der Waals surface area contributed by atoms with Crippen molar-refractivity contribution < 1.29 is 18.7 Å². The molecule has 2 rings (SSSR count). The number of hydrogen-bond acceptors (Lipinski definition) is 3. The summed E-state index contributed by atoms with van der Waals surface area (Å²) in [7, 11) is 1.58. The van der Waals surface area contributed by atoms with Crippen LogP contribution < -0.4 is 4.74 Å². The molecular weight excluding hydrogens is 327 g/mol. The van der Waals surface area contributed by atoms with Crippen LogP contribution >= 0.6 is 15.9 Å². The van der Waals surface area contributed by atoms with Crippen molar-refractivity contribution in [2.45, 2.75) is 25.7 Å². The number of rotatable bonds is 8. The Kier molecular flexibility index (Phi) is 5.54. The Bertz CT molecular complexity index is 486. The summed E-state index contributed by atoms with van der Waals surface area (Å²) in [6.07, 6.45) is 3.10. The summed E-state index contributed by atoms with van der Waals surface area (Å²) in [6, 6.07) is 3.05. The SMILES string of the molecule is COCCOc1cc(F)c(Br)cc1CCC(=O)C1CC1. The van der Waals surface area contributed by atoms with Gasteiger partial charge in [0.2, 0.25) is 0 Å². The van der Waals surface area contributed by atoms with Gasteiger partial charge in [0.1, 0.15) is 24.0 Å². The van der Waals surface area contributed by atoms with Crippen LogP contribution in [-0.4, -0.2) is 26.1 Å². The van der Waals surface area contributed by atoms with Gasteiger partial charge in [-0.3, -0.25) is 4.79 Å². The highest BCUT2D eigenvalue weighted by molar-refractivity contribution is 9.10. The zero-order valence-electron chi connectivity index (χ0n) is 11.5. The van der Waals surface area contributed by atoms with Crippen molar-refractivity contribution in [1.29, 1.82) is 0 Å². The molecule has 0 bridgehead atoms. The average molecular weight is 345 g/mol. The second kappa shape index (κ2) is 7.18. The van der Waals surface area contributed by atoms with E-state index in [9.17, 15) is 9.18 Å². The minimum absolute atomic E-state index is 0.261. The first kappa shape index (κ1) is 15.4. The van der Waals surface area contributed by atoms with Crippen LogP contribution in [0.4, 0.5) is 4.39 Å². The molecule has 20 heavy (non-hydrogen) atoms. The summed E-state index contributed by atoms with van der Waals surface area (Å²) in [6.45, 7) is 0.805. The topological polar surface area (TPSA) is 35.5 Å². The Morgan fingerprint density at radius 3 is 2.80 bits per heavy atom. The maximum absolute atomic E-state index is 13.6. The van der Waals surface area contributed by atoms with Gasteiger partial charge >= 0.3 is 0 Å². The maximum atomic E-state index is 13.6. The molecule has 0 radical (unpaired) electrons. The predicted octanol–water partition coefficient (Wildman–Crippen LogP) is 3.53. The Morgan fingerprint density at radius 1 is 1.40 bits per heavy atom. The number of ether oxygens (including phenoxy) is 2. The molecule has 3 nitrogen and oxygen atoms in total. The molecule has 5 heteroatoms. The third-order valence-corrected chi connectivity index (χ3v) is 3.93. The second-order valence-electron chi connectivity index (χ2n) is 4.96. The first-order valence-electron chi connectivity index (χ1n) is 6.74. The van der Waals surface area contributed by atoms with Gasteiger partial charge in [0.15, 0.2) is 0 Å². The lowest BCUT2D eigenvalue weighted by molar-refractivity contribution is -0.120. The molecule has 1 aliphatic carbocycles. The van der Waals surface area contributed by atoms with Crippen LogP contribution in [0.15, 0.2) is 16.6 Å². The predicted molar refractivity (Wildman–Crippen MR) is 77.5 cm³/mol. The number of ketones is 1. The molecule has 0 unspecified atom stereocenters. The molecule has 0 saturated heterocycles. The third kappa shape index (κ3) is 4.28. The van der Waals surface area contributed by atoms with Crippen LogP contribution in [0.2, 0.25) is 0 Å². The van der Waals surface area contributed by atoms with Crippen molar-refractivity contribution in [3.63, 3.8) is 0 Å². The quantitative estimate of drug-likeness (QED) is 0.677. The van der Waals surface area contributed by atoms with Gasteiger partial charge in [-0.15, -0.1) is 0 Å². The zero-order valence-corrected chi connectivity index (χ0v) is 13.0. The molecule has 0 spiro atoms. The van der Waals surface area contributed by atoms with E-state index >= 15 is 0 Å². The van der Waals surface area contributed by atoms with Crippen molar-refractivity contribution in [3.05, 3.63) is 28.0 Å². The molecule has 0 atom stereocenters. The van der Waals surface area contributed by atoms with Crippen LogP contribution in [-0.2, 0) is 16.0 Å². The maximum Gasteiger partial charge on any atom is 0.141 e. The van der Waals surface area contributed by atoms with Gasteiger partial charge in [-0.1, -0.05) is 0 Å². The molecule has 0 heterocycles. The Hall–Kier alpha value is -0.940. The van der Waals surface area contributed by atoms with E-state index in [0.29, 0.717) is 42.1 Å². The van der Waals surface area contributed by atoms with Crippen LogP contribution in [0.1, 0.15) is 24.8 Å². The van der Waals surface area contributed by atoms with Gasteiger partial charge in [0, 0.05) is 25.5 Å². The van der Waals surface area contributed by atoms with Crippen LogP contribution in [0.25, 0.3) is 0 Å². The molecule has 1 saturated carbocycles. The number of Topliss-reactive ketones (excluding diaryl/α,β-unsaturated/α-hetero) is 1. The lowest BCUT2D eigenvalue weighted by atomic mass is 10.0. The van der Waals surface area contributed by atoms with Crippen molar-refractivity contribution in [2.75, 3.05) is 20.3 Å². The van der Waals surface area contributed by atoms with Crippen molar-refractivity contribution in [3.8, 4) is 5.75 Å². The average Bonchev–Trinajstić information content (AvgIpc) is 3.25. The lowest BCUT2D eigenvalue weighted by Crippen LogP contribution is -2.08. The summed E-state index contributed by atoms with van der Waals surface area (Å²) in [5.41, 5.74) is 0.850. The van der Waals surface area contributed by atoms with Crippen LogP contribution in [0.5, 0.6) is 5.75 Å². The number of aryl methyl sites for hydroxylation is 1. The van der Waals surface area contributed by atoms with E-state index < -0.39 is 0 Å². The van der Waals surface area contributed by atoms with Crippen molar-refractivity contribution >= 4 is 21.7 Å². The molecule has 0 N–H and O–H groups in total. The summed E-state index contributed by atoms with van der Waals surface area (Å²) in [4.78, 5) is 11.8. The Morgan fingerprint density at radius 2 is 2.15 bits per heavy atom. The van der Waals surface area contributed by atoms with Crippen LogP contribution in [0.3, 0.4) is 0 Å². The largest absolute Gasteiger partial charge is 0.491 e. The fraction of sp³-hybridized carbons (Fsp3) is 0.533. The molecule has 0 aliphatic heterocycles. The highest BCUT2D eigenvalue weighted by Gasteiger charge is 2.28. The van der Waals surface area contributed by atoms with Crippen molar-refractivity contribution in [2.24, 2.45) is 5.92 Å². The van der Waals surface area contributed by atoms with Gasteiger partial charge in [-0.25, -0.2) is 4.39 Å². The first-order chi connectivity index (χ1) is 9.61. The van der Waals surface area contributed by atoms with E-state index in [1.165, 1.54) is 6.07 Å². The van der Waals surface area contributed by atoms with E-state index in [2.05, 4.69) is 15.9 Å². The second-order valence-corrected chi connectivity index (χ2v) is 5.81. The lowest BCUT2D eigenvalue weighted by Gasteiger charge is -2.12. The molecule has 1 aromatic rings. The number of carbonyl (C=O) groups excluding carboxylic acids is 1. The fourth-order valence-corrected chi connectivity index (χ4v) is 2.39. The molecule has 110 valence electrons. The van der Waals surface area contributed by atoms with Crippen LogP contribution in [0, 0.1) is 11.7 Å². The Labute approximate surface area is 126 Å². The highest BCUT2D eigenvalue weighted by Crippen LogP contribution is 2.33. The third-order valence-electron chi connectivity index (χ3n) is 3.32. The van der Waals surface area contributed by atoms with Gasteiger partial charge < -0.3 is 9.47 Å². The standard InChI is InChI=1S/C15H18BrFO3/c1-19-6-7-20-15-9-13(17)12(16)8-11(15)4-5-14(18)10-2-3-10/h8-10H,2-7H2,1H3. The molecule has 0 amide bonds. The normalized spacial score (nSPS) is 14.3. The highest BCUT2D eigenvalue weighted by atomic mass is 79.9. The number of hydrogen-bond donors (Lipinski definition) is 0. The van der Waals surface area contributed by atoms with Gasteiger partial charge in [0.25, 0.3) is 0 Å². The number of benzene rings is 1. The monoisotopic (exact) mass is 344 g/mol. The van der Waals surface area contributed by atoms with Gasteiger partial charge in [-0.2, -0.15) is 0 Å². The van der Waals surface area contributed by atoms with Gasteiger partial charge in [0.05, 0.1) is 11.1 Å². The van der Waals surface area contributed by atoms with E-state index in [4.69, 9.17) is 9.47 Å². The first-order valence-corrected chi connectivity index (χ1v) is 7.53. The molecule has 0 aromatic heterocycles. The smallest absolute Gasteiger partial charge is 0.141 e. The summed E-state index contributed by atoms with van der Waals surface area (Å²) in [5.74, 6) is 0.686. The number of carbonyl (C=O) groups is 1. The van der Waals surface area contributed by atoms with E-state index in [1.807, 2.05) is 0 Å².